The molecule has 0 aliphatic rings. The molecule has 1 N–H and O–H groups in total. The molecule has 0 spiro atoms. The topological polar surface area (TPSA) is 19.7 Å². The number of rotatable bonds is 1. The zero-order chi connectivity index (χ0) is 14.8. The summed E-state index contributed by atoms with van der Waals surface area (Å²) >= 11 is 0. The number of pyridine rings is 1. The molecule has 0 atom stereocenters. The smallest absolute Gasteiger partial charge is 0.238 e. The molecule has 106 valence electrons. The molecular formula is C19H21N2+. The van der Waals surface area contributed by atoms with E-state index in [1.54, 1.807) is 0 Å². The fourth-order valence-corrected chi connectivity index (χ4v) is 3.00. The van der Waals surface area contributed by atoms with E-state index in [0.717, 1.165) is 6.54 Å². The quantitative estimate of drug-likeness (QED) is 0.482. The van der Waals surface area contributed by atoms with E-state index in [4.69, 9.17) is 0 Å². The Labute approximate surface area is 125 Å². The van der Waals surface area contributed by atoms with Gasteiger partial charge in [-0.1, -0.05) is 38.1 Å². The van der Waals surface area contributed by atoms with Crippen molar-refractivity contribution >= 4 is 32.8 Å². The number of benzene rings is 2. The second-order valence-corrected chi connectivity index (χ2v) is 4.88. The highest BCUT2D eigenvalue weighted by atomic mass is 15.0. The average Bonchev–Trinajstić information content (AvgIpc) is 2.92. The van der Waals surface area contributed by atoms with Crippen LogP contribution in [-0.2, 0) is 6.54 Å². The number of hydrogen-bond acceptors (Lipinski definition) is 0. The van der Waals surface area contributed by atoms with Crippen molar-refractivity contribution in [3.8, 4) is 0 Å². The summed E-state index contributed by atoms with van der Waals surface area (Å²) in [5, 5.41) is 2.58. The summed E-state index contributed by atoms with van der Waals surface area (Å²) in [6.07, 6.45) is 0. The molecule has 0 fully saturated rings. The van der Waals surface area contributed by atoms with E-state index in [0.29, 0.717) is 0 Å². The molecule has 21 heavy (non-hydrogen) atoms. The number of para-hydroxylation sites is 2. The van der Waals surface area contributed by atoms with Crippen LogP contribution in [0, 0.1) is 0 Å². The second-order valence-electron chi connectivity index (χ2n) is 4.88. The number of aromatic nitrogens is 2. The number of aryl methyl sites for hydroxylation is 1. The normalized spacial score (nSPS) is 10.8. The van der Waals surface area contributed by atoms with Crippen molar-refractivity contribution in [1.82, 2.24) is 4.98 Å². The van der Waals surface area contributed by atoms with Gasteiger partial charge in [0.15, 0.2) is 0 Å². The molecule has 0 bridgehead atoms. The van der Waals surface area contributed by atoms with E-state index in [-0.39, 0.29) is 0 Å². The van der Waals surface area contributed by atoms with Crippen molar-refractivity contribution in [2.24, 2.45) is 0 Å². The van der Waals surface area contributed by atoms with Gasteiger partial charge in [0, 0.05) is 11.5 Å². The monoisotopic (exact) mass is 277 g/mol. The van der Waals surface area contributed by atoms with Gasteiger partial charge in [0.05, 0.1) is 10.9 Å². The number of nitrogens with one attached hydrogen (secondary N) is 1. The first kappa shape index (κ1) is 13.6. The van der Waals surface area contributed by atoms with Gasteiger partial charge in [-0.2, -0.15) is 4.57 Å². The Kier molecular flexibility index (Phi) is 3.61. The van der Waals surface area contributed by atoms with Crippen LogP contribution in [0.1, 0.15) is 20.8 Å². The lowest BCUT2D eigenvalue weighted by molar-refractivity contribution is -0.640. The van der Waals surface area contributed by atoms with Gasteiger partial charge in [-0.05, 0) is 31.2 Å². The Morgan fingerprint density at radius 2 is 1.62 bits per heavy atom. The summed E-state index contributed by atoms with van der Waals surface area (Å²) in [4.78, 5) is 3.52. The fraction of sp³-hybridized carbons (Fsp3) is 0.211. The number of aromatic amines is 1. The molecule has 2 heterocycles. The third-order valence-electron chi connectivity index (χ3n) is 3.82. The largest absolute Gasteiger partial charge is 0.349 e. The van der Waals surface area contributed by atoms with E-state index < -0.39 is 0 Å². The molecule has 4 rings (SSSR count). The molecule has 0 aliphatic carbocycles. The van der Waals surface area contributed by atoms with Gasteiger partial charge in [-0.3, -0.25) is 0 Å². The number of H-pyrrole nitrogens is 1. The summed E-state index contributed by atoms with van der Waals surface area (Å²) < 4.78 is 2.39. The van der Waals surface area contributed by atoms with E-state index in [1.807, 2.05) is 13.8 Å². The highest BCUT2D eigenvalue weighted by Crippen LogP contribution is 2.25. The maximum atomic E-state index is 3.52. The Hall–Kier alpha value is -2.35. The molecule has 0 saturated heterocycles. The van der Waals surface area contributed by atoms with Crippen LogP contribution in [0.25, 0.3) is 32.8 Å². The highest BCUT2D eigenvalue weighted by molar-refractivity contribution is 6.05. The van der Waals surface area contributed by atoms with E-state index >= 15 is 0 Å². The van der Waals surface area contributed by atoms with E-state index in [9.17, 15) is 0 Å². The van der Waals surface area contributed by atoms with Gasteiger partial charge in [0.2, 0.25) is 11.0 Å². The lowest BCUT2D eigenvalue weighted by atomic mass is 10.1. The summed E-state index contributed by atoms with van der Waals surface area (Å²) in [5.74, 6) is 0. The van der Waals surface area contributed by atoms with E-state index in [2.05, 4.69) is 71.1 Å². The van der Waals surface area contributed by atoms with Crippen molar-refractivity contribution < 1.29 is 4.57 Å². The van der Waals surface area contributed by atoms with Crippen molar-refractivity contribution in [2.45, 2.75) is 27.3 Å². The first-order valence-corrected chi connectivity index (χ1v) is 7.70. The first-order chi connectivity index (χ1) is 10.4. The SMILES string of the molecule is CC.CC[n+]1c2ccccc2cc2[nH]c3ccccc3c21. The third kappa shape index (κ3) is 2.07. The standard InChI is InChI=1S/C17H14N2.C2H6/c1-2-19-16-10-6-3-7-12(16)11-15-17(19)13-8-4-5-9-14(13)18-15;1-2/h3-11H,2H2,1H3;1-2H3/p+1. The lowest BCUT2D eigenvalue weighted by Gasteiger charge is -2.01. The van der Waals surface area contributed by atoms with Crippen LogP contribution >= 0.6 is 0 Å². The summed E-state index contributed by atoms with van der Waals surface area (Å²) in [6, 6.07) is 19.3. The first-order valence-electron chi connectivity index (χ1n) is 7.70. The molecule has 0 amide bonds. The van der Waals surface area contributed by atoms with Crippen LogP contribution in [-0.4, -0.2) is 4.98 Å². The number of nitrogens with zero attached hydrogens (tertiary/aromatic N) is 1. The second kappa shape index (κ2) is 5.57. The lowest BCUT2D eigenvalue weighted by Crippen LogP contribution is -2.33. The van der Waals surface area contributed by atoms with Gasteiger partial charge in [0.1, 0.15) is 12.1 Å². The zero-order valence-corrected chi connectivity index (χ0v) is 12.9. The molecule has 0 radical (unpaired) electrons. The number of fused-ring (bicyclic) bond motifs is 4. The summed E-state index contributed by atoms with van der Waals surface area (Å²) in [5.41, 5.74) is 5.01. The van der Waals surface area contributed by atoms with Crippen LogP contribution < -0.4 is 4.57 Å². The predicted octanol–water partition coefficient (Wildman–Crippen LogP) is 4.81. The van der Waals surface area contributed by atoms with Crippen LogP contribution in [0.3, 0.4) is 0 Å². The summed E-state index contributed by atoms with van der Waals surface area (Å²) in [6.45, 7) is 7.17. The maximum Gasteiger partial charge on any atom is 0.238 e. The van der Waals surface area contributed by atoms with Crippen LogP contribution in [0.5, 0.6) is 0 Å². The minimum Gasteiger partial charge on any atom is -0.349 e. The predicted molar refractivity (Wildman–Crippen MR) is 90.5 cm³/mol. The van der Waals surface area contributed by atoms with Gasteiger partial charge in [-0.15, -0.1) is 0 Å². The van der Waals surface area contributed by atoms with E-state index in [1.165, 1.54) is 32.8 Å². The molecule has 0 aliphatic heterocycles. The van der Waals surface area contributed by atoms with Crippen molar-refractivity contribution in [1.29, 1.82) is 0 Å². The molecule has 0 unspecified atom stereocenters. The third-order valence-corrected chi connectivity index (χ3v) is 3.82. The molecule has 2 heteroatoms. The van der Waals surface area contributed by atoms with Crippen LogP contribution in [0.15, 0.2) is 54.6 Å². The van der Waals surface area contributed by atoms with Crippen LogP contribution in [0.2, 0.25) is 0 Å². The summed E-state index contributed by atoms with van der Waals surface area (Å²) in [7, 11) is 0. The average molecular weight is 277 g/mol. The number of hydrogen-bond donors (Lipinski definition) is 1. The van der Waals surface area contributed by atoms with Crippen molar-refractivity contribution in [3.05, 3.63) is 54.6 Å². The Balaban J connectivity index is 0.000000636. The molecular weight excluding hydrogens is 256 g/mol. The minimum atomic E-state index is 0.972. The molecule has 0 saturated carbocycles. The Morgan fingerprint density at radius 3 is 2.43 bits per heavy atom. The van der Waals surface area contributed by atoms with Crippen LogP contribution in [0.4, 0.5) is 0 Å². The fourth-order valence-electron chi connectivity index (χ4n) is 3.00. The van der Waals surface area contributed by atoms with Gasteiger partial charge < -0.3 is 4.98 Å². The van der Waals surface area contributed by atoms with Gasteiger partial charge in [0.25, 0.3) is 0 Å². The van der Waals surface area contributed by atoms with Crippen molar-refractivity contribution in [3.63, 3.8) is 0 Å². The molecule has 2 aromatic carbocycles. The minimum absolute atomic E-state index is 0.972. The van der Waals surface area contributed by atoms with Gasteiger partial charge in [-0.25, -0.2) is 0 Å². The molecule has 4 aromatic rings. The van der Waals surface area contributed by atoms with Crippen molar-refractivity contribution in [2.75, 3.05) is 0 Å². The maximum absolute atomic E-state index is 3.52. The Morgan fingerprint density at radius 1 is 0.905 bits per heavy atom. The molecule has 2 aromatic heterocycles. The zero-order valence-electron chi connectivity index (χ0n) is 12.9. The Bertz CT molecular complexity index is 903. The van der Waals surface area contributed by atoms with Gasteiger partial charge >= 0.3 is 0 Å². The molecule has 2 nitrogen and oxygen atoms in total. The highest BCUT2D eigenvalue weighted by Gasteiger charge is 2.17.